The summed E-state index contributed by atoms with van der Waals surface area (Å²) in [6.45, 7) is 0. The van der Waals surface area contributed by atoms with E-state index in [9.17, 15) is 14.4 Å². The molecule has 0 aliphatic carbocycles. The molecule has 7 heteroatoms. The van der Waals surface area contributed by atoms with E-state index in [1.165, 1.54) is 0 Å². The normalized spacial score (nSPS) is 8.54. The van der Waals surface area contributed by atoms with Crippen LogP contribution in [0.2, 0.25) is 0 Å². The molecule has 0 fully saturated rings. The number of hydrogen-bond donors (Lipinski definition) is 0. The monoisotopic (exact) mass is 191 g/mol. The van der Waals surface area contributed by atoms with Crippen molar-refractivity contribution in [1.82, 2.24) is 4.90 Å². The SMILES string of the molecule is COC(=O)N(C(=O)OC)C(=O)OC. The molecule has 0 saturated carbocycles. The van der Waals surface area contributed by atoms with E-state index in [0.717, 1.165) is 21.3 Å². The number of imide groups is 3. The van der Waals surface area contributed by atoms with Crippen LogP contribution in [0.5, 0.6) is 0 Å². The predicted molar refractivity (Wildman–Crippen MR) is 39.1 cm³/mol. The summed E-state index contributed by atoms with van der Waals surface area (Å²) >= 11 is 0. The van der Waals surface area contributed by atoms with Gasteiger partial charge >= 0.3 is 18.3 Å². The van der Waals surface area contributed by atoms with E-state index in [-0.39, 0.29) is 4.90 Å². The van der Waals surface area contributed by atoms with Crippen LogP contribution in [0.3, 0.4) is 0 Å². The average molecular weight is 191 g/mol. The number of rotatable bonds is 0. The molecule has 74 valence electrons. The van der Waals surface area contributed by atoms with Crippen molar-refractivity contribution in [3.8, 4) is 0 Å². The van der Waals surface area contributed by atoms with Crippen molar-refractivity contribution in [2.24, 2.45) is 0 Å². The summed E-state index contributed by atoms with van der Waals surface area (Å²) in [7, 11) is 3.05. The largest absolute Gasteiger partial charge is 0.452 e. The van der Waals surface area contributed by atoms with Crippen molar-refractivity contribution >= 4 is 18.3 Å². The van der Waals surface area contributed by atoms with Crippen molar-refractivity contribution in [2.75, 3.05) is 21.3 Å². The maximum atomic E-state index is 10.8. The Morgan fingerprint density at radius 1 is 0.769 bits per heavy atom. The Morgan fingerprint density at radius 3 is 1.15 bits per heavy atom. The molecule has 0 unspecified atom stereocenters. The first-order valence-corrected chi connectivity index (χ1v) is 3.12. The van der Waals surface area contributed by atoms with Gasteiger partial charge in [-0.1, -0.05) is 0 Å². The third-order valence-corrected chi connectivity index (χ3v) is 1.07. The van der Waals surface area contributed by atoms with Gasteiger partial charge in [-0.3, -0.25) is 0 Å². The molecule has 0 radical (unpaired) electrons. The number of carbonyl (C=O) groups excluding carboxylic acids is 3. The first-order chi connectivity index (χ1) is 6.08. The number of carbonyl (C=O) groups is 3. The maximum Gasteiger partial charge on any atom is 0.428 e. The molecule has 0 aliphatic heterocycles. The summed E-state index contributed by atoms with van der Waals surface area (Å²) in [5, 5.41) is 0. The molecule has 0 N–H and O–H groups in total. The quantitative estimate of drug-likeness (QED) is 0.521. The predicted octanol–water partition coefficient (Wildman–Crippen LogP) is 0.588. The van der Waals surface area contributed by atoms with Gasteiger partial charge in [0.05, 0.1) is 21.3 Å². The van der Waals surface area contributed by atoms with Gasteiger partial charge in [-0.25, -0.2) is 14.4 Å². The van der Waals surface area contributed by atoms with Crippen LogP contribution in [-0.2, 0) is 14.2 Å². The lowest BCUT2D eigenvalue weighted by Crippen LogP contribution is -2.41. The molecule has 0 aromatic heterocycles. The van der Waals surface area contributed by atoms with Crippen LogP contribution >= 0.6 is 0 Å². The first-order valence-electron chi connectivity index (χ1n) is 3.12. The summed E-state index contributed by atoms with van der Waals surface area (Å²) < 4.78 is 12.4. The lowest BCUT2D eigenvalue weighted by atomic mass is 10.8. The highest BCUT2D eigenvalue weighted by molar-refractivity contribution is 6.03. The van der Waals surface area contributed by atoms with Crippen LogP contribution in [-0.4, -0.2) is 44.5 Å². The average Bonchev–Trinajstić information content (AvgIpc) is 2.16. The van der Waals surface area contributed by atoms with Crippen LogP contribution in [0.1, 0.15) is 0 Å². The van der Waals surface area contributed by atoms with E-state index in [2.05, 4.69) is 14.2 Å². The third-order valence-electron chi connectivity index (χ3n) is 1.07. The van der Waals surface area contributed by atoms with E-state index in [0.29, 0.717) is 0 Å². The molecule has 7 nitrogen and oxygen atoms in total. The Labute approximate surface area is 74.1 Å². The summed E-state index contributed by atoms with van der Waals surface area (Å²) in [4.78, 5) is 32.5. The van der Waals surface area contributed by atoms with Gasteiger partial charge in [0.1, 0.15) is 0 Å². The highest BCUT2D eigenvalue weighted by Crippen LogP contribution is 1.99. The van der Waals surface area contributed by atoms with Crippen LogP contribution in [0.4, 0.5) is 14.4 Å². The van der Waals surface area contributed by atoms with E-state index in [1.54, 1.807) is 0 Å². The third kappa shape index (κ3) is 2.62. The molecule has 0 bridgehead atoms. The zero-order valence-corrected chi connectivity index (χ0v) is 7.40. The van der Waals surface area contributed by atoms with Gasteiger partial charge < -0.3 is 14.2 Å². The molecule has 0 aliphatic rings. The molecule has 0 heterocycles. The minimum Gasteiger partial charge on any atom is -0.452 e. The van der Waals surface area contributed by atoms with Crippen LogP contribution in [0.25, 0.3) is 0 Å². The maximum absolute atomic E-state index is 10.8. The standard InChI is InChI=1S/C6H9NO6/c1-11-4(8)7(5(9)12-2)6(10)13-3/h1-3H3. The molecular weight excluding hydrogens is 182 g/mol. The summed E-state index contributed by atoms with van der Waals surface area (Å²) in [6, 6.07) is 0. The summed E-state index contributed by atoms with van der Waals surface area (Å²) in [5.41, 5.74) is 0. The number of amides is 3. The first kappa shape index (κ1) is 11.2. The minimum absolute atomic E-state index is 0.0833. The second kappa shape index (κ2) is 4.96. The molecule has 0 rings (SSSR count). The number of hydrogen-bond acceptors (Lipinski definition) is 6. The van der Waals surface area contributed by atoms with E-state index in [1.807, 2.05) is 0 Å². The minimum atomic E-state index is -1.17. The number of methoxy groups -OCH3 is 3. The van der Waals surface area contributed by atoms with Gasteiger partial charge in [0, 0.05) is 0 Å². The molecule has 0 atom stereocenters. The van der Waals surface area contributed by atoms with E-state index in [4.69, 9.17) is 0 Å². The molecule has 3 amide bonds. The summed E-state index contributed by atoms with van der Waals surface area (Å²) in [5.74, 6) is 0. The Hall–Kier alpha value is -1.79. The highest BCUT2D eigenvalue weighted by atomic mass is 16.6. The van der Waals surface area contributed by atoms with Crippen LogP contribution < -0.4 is 0 Å². The topological polar surface area (TPSA) is 82.1 Å². The van der Waals surface area contributed by atoms with Gasteiger partial charge in [-0.15, -0.1) is 4.90 Å². The second-order valence-electron chi connectivity index (χ2n) is 1.75. The smallest absolute Gasteiger partial charge is 0.428 e. The molecule has 0 spiro atoms. The fraction of sp³-hybridized carbons (Fsp3) is 0.500. The Balaban J connectivity index is 4.64. The van der Waals surface area contributed by atoms with Crippen molar-refractivity contribution in [3.05, 3.63) is 0 Å². The van der Waals surface area contributed by atoms with Gasteiger partial charge in [0.15, 0.2) is 0 Å². The van der Waals surface area contributed by atoms with Crippen molar-refractivity contribution in [2.45, 2.75) is 0 Å². The lowest BCUT2D eigenvalue weighted by molar-refractivity contribution is 0.0845. The fourth-order valence-corrected chi connectivity index (χ4v) is 0.497. The zero-order valence-electron chi connectivity index (χ0n) is 7.40. The van der Waals surface area contributed by atoms with Crippen molar-refractivity contribution in [1.29, 1.82) is 0 Å². The van der Waals surface area contributed by atoms with Crippen molar-refractivity contribution < 1.29 is 28.6 Å². The number of ether oxygens (including phenoxy) is 3. The molecule has 0 aromatic carbocycles. The van der Waals surface area contributed by atoms with Crippen LogP contribution in [0, 0.1) is 0 Å². The fourth-order valence-electron chi connectivity index (χ4n) is 0.497. The summed E-state index contributed by atoms with van der Waals surface area (Å²) in [6.07, 6.45) is -3.50. The Bertz CT molecular complexity index is 187. The van der Waals surface area contributed by atoms with Gasteiger partial charge in [0.2, 0.25) is 0 Å². The molecular formula is C6H9NO6. The zero-order chi connectivity index (χ0) is 10.4. The van der Waals surface area contributed by atoms with Gasteiger partial charge in [-0.05, 0) is 0 Å². The number of nitrogens with zero attached hydrogens (tertiary/aromatic N) is 1. The van der Waals surface area contributed by atoms with E-state index >= 15 is 0 Å². The second-order valence-corrected chi connectivity index (χ2v) is 1.75. The van der Waals surface area contributed by atoms with Gasteiger partial charge in [-0.2, -0.15) is 0 Å². The molecule has 0 saturated heterocycles. The molecule has 13 heavy (non-hydrogen) atoms. The van der Waals surface area contributed by atoms with Crippen molar-refractivity contribution in [3.63, 3.8) is 0 Å². The Morgan fingerprint density at radius 2 is 1.00 bits per heavy atom. The van der Waals surface area contributed by atoms with E-state index < -0.39 is 18.3 Å². The van der Waals surface area contributed by atoms with Gasteiger partial charge in [0.25, 0.3) is 0 Å². The van der Waals surface area contributed by atoms with Crippen LogP contribution in [0.15, 0.2) is 0 Å². The Kier molecular flexibility index (Phi) is 4.28. The molecule has 0 aromatic rings. The highest BCUT2D eigenvalue weighted by Gasteiger charge is 2.31. The lowest BCUT2D eigenvalue weighted by Gasteiger charge is -2.13.